The van der Waals surface area contributed by atoms with Gasteiger partial charge in [-0.05, 0) is 29.8 Å². The third-order valence-corrected chi connectivity index (χ3v) is 4.67. The molecule has 0 spiro atoms. The molecule has 1 amide bonds. The fraction of sp³-hybridized carbons (Fsp3) is 0.182. The number of rotatable bonds is 7. The first-order valence-electron chi connectivity index (χ1n) is 9.54. The molecule has 0 saturated carbocycles. The van der Waals surface area contributed by atoms with E-state index in [-0.39, 0.29) is 12.5 Å². The molecule has 0 atom stereocenters. The monoisotopic (exact) mass is 406 g/mol. The second-order valence-corrected chi connectivity index (χ2v) is 6.68. The van der Waals surface area contributed by atoms with Crippen LogP contribution in [0.3, 0.4) is 0 Å². The van der Waals surface area contributed by atoms with Gasteiger partial charge >= 0.3 is 0 Å². The first-order chi connectivity index (χ1) is 14.7. The van der Waals surface area contributed by atoms with Crippen LogP contribution in [0.15, 0.2) is 61.1 Å². The van der Waals surface area contributed by atoms with E-state index in [1.165, 1.54) is 12.5 Å². The standard InChI is InChI=1S/C22H22N4O4/c1-26-17(14-23-9-10-27)20(15-7-8-18-19(13-15)30-12-11-29-18)21(25-26)22(28)24-16-5-3-2-4-6-16/h2-8,11-13,23,27H,9-10,14H2,1H3,(H,24,28). The van der Waals surface area contributed by atoms with Crippen molar-refractivity contribution < 1.29 is 19.4 Å². The molecule has 2 aromatic carbocycles. The van der Waals surface area contributed by atoms with E-state index < -0.39 is 0 Å². The van der Waals surface area contributed by atoms with E-state index in [0.717, 1.165) is 11.3 Å². The SMILES string of the molecule is Cn1nc(C(=O)Nc2ccccc2)c(-c2ccc3c(c2)OC=CO3)c1CNCCO. The number of amides is 1. The van der Waals surface area contributed by atoms with E-state index in [9.17, 15) is 4.79 Å². The van der Waals surface area contributed by atoms with E-state index in [0.29, 0.717) is 41.5 Å². The van der Waals surface area contributed by atoms with Crippen LogP contribution in [0.5, 0.6) is 11.5 Å². The van der Waals surface area contributed by atoms with Gasteiger partial charge in [0, 0.05) is 31.4 Å². The highest BCUT2D eigenvalue weighted by molar-refractivity contribution is 6.07. The van der Waals surface area contributed by atoms with Crippen molar-refractivity contribution in [3.63, 3.8) is 0 Å². The van der Waals surface area contributed by atoms with E-state index >= 15 is 0 Å². The number of ether oxygens (including phenoxy) is 2. The molecule has 1 aliphatic rings. The number of aliphatic hydroxyl groups excluding tert-OH is 1. The number of anilines is 1. The maximum Gasteiger partial charge on any atom is 0.276 e. The quantitative estimate of drug-likeness (QED) is 0.522. The predicted octanol–water partition coefficient (Wildman–Crippen LogP) is 2.66. The van der Waals surface area contributed by atoms with E-state index in [1.54, 1.807) is 17.8 Å². The van der Waals surface area contributed by atoms with Gasteiger partial charge < -0.3 is 25.2 Å². The Balaban J connectivity index is 1.75. The lowest BCUT2D eigenvalue weighted by Gasteiger charge is -2.14. The molecule has 0 radical (unpaired) electrons. The summed E-state index contributed by atoms with van der Waals surface area (Å²) in [7, 11) is 1.79. The minimum Gasteiger partial charge on any atom is -0.458 e. The number of hydrogen-bond donors (Lipinski definition) is 3. The number of benzene rings is 2. The normalized spacial score (nSPS) is 12.1. The molecular weight excluding hydrogens is 384 g/mol. The summed E-state index contributed by atoms with van der Waals surface area (Å²) in [5, 5.41) is 19.6. The fourth-order valence-electron chi connectivity index (χ4n) is 3.28. The number of aromatic nitrogens is 2. The summed E-state index contributed by atoms with van der Waals surface area (Å²) < 4.78 is 12.7. The smallest absolute Gasteiger partial charge is 0.276 e. The van der Waals surface area contributed by atoms with Crippen molar-refractivity contribution in [2.75, 3.05) is 18.5 Å². The Bertz CT molecular complexity index is 1080. The average molecular weight is 406 g/mol. The topological polar surface area (TPSA) is 97.6 Å². The largest absolute Gasteiger partial charge is 0.458 e. The second kappa shape index (κ2) is 8.81. The zero-order valence-electron chi connectivity index (χ0n) is 16.5. The van der Waals surface area contributed by atoms with Crippen molar-refractivity contribution in [2.24, 2.45) is 7.05 Å². The summed E-state index contributed by atoms with van der Waals surface area (Å²) in [6, 6.07) is 14.7. The highest BCUT2D eigenvalue weighted by Crippen LogP contribution is 2.37. The van der Waals surface area contributed by atoms with Crippen molar-refractivity contribution in [3.05, 3.63) is 72.4 Å². The Kier molecular flexibility index (Phi) is 5.78. The second-order valence-electron chi connectivity index (χ2n) is 6.68. The van der Waals surface area contributed by atoms with Crippen LogP contribution in [0, 0.1) is 0 Å². The van der Waals surface area contributed by atoms with Gasteiger partial charge in [-0.2, -0.15) is 5.10 Å². The van der Waals surface area contributed by atoms with E-state index in [2.05, 4.69) is 15.7 Å². The molecule has 2 heterocycles. The number of para-hydroxylation sites is 1. The fourth-order valence-corrected chi connectivity index (χ4v) is 3.28. The molecule has 30 heavy (non-hydrogen) atoms. The van der Waals surface area contributed by atoms with Crippen LogP contribution in [-0.2, 0) is 13.6 Å². The number of aliphatic hydroxyl groups is 1. The lowest BCUT2D eigenvalue weighted by atomic mass is 10.0. The van der Waals surface area contributed by atoms with Crippen molar-refractivity contribution in [2.45, 2.75) is 6.54 Å². The summed E-state index contributed by atoms with van der Waals surface area (Å²) in [6.45, 7) is 0.888. The molecule has 1 aliphatic heterocycles. The van der Waals surface area contributed by atoms with Gasteiger partial charge in [-0.3, -0.25) is 9.48 Å². The minimum atomic E-state index is -0.310. The lowest BCUT2D eigenvalue weighted by molar-refractivity contribution is 0.102. The number of carbonyl (C=O) groups is 1. The number of aryl methyl sites for hydroxylation is 1. The number of nitrogens with one attached hydrogen (secondary N) is 2. The summed E-state index contributed by atoms with van der Waals surface area (Å²) in [5.74, 6) is 0.845. The minimum absolute atomic E-state index is 0.0187. The molecule has 3 aromatic rings. The highest BCUT2D eigenvalue weighted by Gasteiger charge is 2.24. The Labute approximate surface area is 173 Å². The molecule has 8 nitrogen and oxygen atoms in total. The van der Waals surface area contributed by atoms with Crippen LogP contribution in [0.25, 0.3) is 11.1 Å². The molecule has 0 saturated heterocycles. The maximum atomic E-state index is 13.1. The van der Waals surface area contributed by atoms with Crippen molar-refractivity contribution >= 4 is 11.6 Å². The molecule has 1 aromatic heterocycles. The summed E-state index contributed by atoms with van der Waals surface area (Å²) in [5.41, 5.74) is 3.27. The number of carbonyl (C=O) groups excluding carboxylic acids is 1. The molecule has 8 heteroatoms. The van der Waals surface area contributed by atoms with Crippen LogP contribution in [0.4, 0.5) is 5.69 Å². The summed E-state index contributed by atoms with van der Waals surface area (Å²) in [4.78, 5) is 13.1. The van der Waals surface area contributed by atoms with Crippen LogP contribution < -0.4 is 20.1 Å². The number of hydrogen-bond acceptors (Lipinski definition) is 6. The molecule has 0 fully saturated rings. The Morgan fingerprint density at radius 2 is 1.87 bits per heavy atom. The first kappa shape index (κ1) is 19.7. The van der Waals surface area contributed by atoms with Crippen molar-refractivity contribution in [1.82, 2.24) is 15.1 Å². The average Bonchev–Trinajstić information content (AvgIpc) is 3.11. The van der Waals surface area contributed by atoms with E-state index in [1.807, 2.05) is 42.5 Å². The van der Waals surface area contributed by atoms with Gasteiger partial charge in [0.2, 0.25) is 0 Å². The predicted molar refractivity (Wildman–Crippen MR) is 112 cm³/mol. The Morgan fingerprint density at radius 1 is 1.10 bits per heavy atom. The molecule has 0 unspecified atom stereocenters. The van der Waals surface area contributed by atoms with Gasteiger partial charge in [0.15, 0.2) is 17.2 Å². The third-order valence-electron chi connectivity index (χ3n) is 4.67. The molecule has 4 rings (SSSR count). The Hall–Kier alpha value is -3.62. The van der Waals surface area contributed by atoms with Gasteiger partial charge in [0.05, 0.1) is 12.3 Å². The molecule has 154 valence electrons. The van der Waals surface area contributed by atoms with Gasteiger partial charge in [-0.25, -0.2) is 0 Å². The van der Waals surface area contributed by atoms with Crippen LogP contribution in [-0.4, -0.2) is 33.9 Å². The molecule has 3 N–H and O–H groups in total. The summed E-state index contributed by atoms with van der Waals surface area (Å²) in [6.07, 6.45) is 2.93. The van der Waals surface area contributed by atoms with Crippen LogP contribution in [0.1, 0.15) is 16.2 Å². The first-order valence-corrected chi connectivity index (χ1v) is 9.54. The highest BCUT2D eigenvalue weighted by atomic mass is 16.5. The van der Waals surface area contributed by atoms with Crippen LogP contribution >= 0.6 is 0 Å². The number of nitrogens with zero attached hydrogens (tertiary/aromatic N) is 2. The van der Waals surface area contributed by atoms with Crippen molar-refractivity contribution in [3.8, 4) is 22.6 Å². The van der Waals surface area contributed by atoms with Gasteiger partial charge in [0.1, 0.15) is 12.5 Å². The number of fused-ring (bicyclic) bond motifs is 1. The van der Waals surface area contributed by atoms with Gasteiger partial charge in [0.25, 0.3) is 5.91 Å². The lowest BCUT2D eigenvalue weighted by Crippen LogP contribution is -2.19. The van der Waals surface area contributed by atoms with Gasteiger partial charge in [-0.15, -0.1) is 0 Å². The Morgan fingerprint density at radius 3 is 2.63 bits per heavy atom. The van der Waals surface area contributed by atoms with Crippen molar-refractivity contribution in [1.29, 1.82) is 0 Å². The molecule has 0 bridgehead atoms. The summed E-state index contributed by atoms with van der Waals surface area (Å²) >= 11 is 0. The molecular formula is C22H22N4O4. The third kappa shape index (κ3) is 4.05. The van der Waals surface area contributed by atoms with Gasteiger partial charge in [-0.1, -0.05) is 24.3 Å². The van der Waals surface area contributed by atoms with Crippen LogP contribution in [0.2, 0.25) is 0 Å². The zero-order valence-corrected chi connectivity index (χ0v) is 16.5. The van der Waals surface area contributed by atoms with E-state index in [4.69, 9.17) is 14.6 Å². The zero-order chi connectivity index (χ0) is 20.9. The molecule has 0 aliphatic carbocycles. The maximum absolute atomic E-state index is 13.1.